The zero-order chi connectivity index (χ0) is 10.6. The lowest BCUT2D eigenvalue weighted by atomic mass is 9.96. The van der Waals surface area contributed by atoms with Crippen molar-refractivity contribution in [1.29, 1.82) is 0 Å². The molecule has 0 nitrogen and oxygen atoms in total. The van der Waals surface area contributed by atoms with E-state index < -0.39 is 0 Å². The summed E-state index contributed by atoms with van der Waals surface area (Å²) >= 11 is 0. The maximum absolute atomic E-state index is 2.43. The van der Waals surface area contributed by atoms with Crippen LogP contribution in [0.1, 0.15) is 85.0 Å². The molecule has 0 aromatic heterocycles. The zero-order valence-corrected chi connectivity index (χ0v) is 10.6. The fourth-order valence-electron chi connectivity index (χ4n) is 1.98. The SMILES string of the molecule is CCCCCCC(C)CCCCCC. The average molecular weight is 198 g/mol. The van der Waals surface area contributed by atoms with Gasteiger partial charge >= 0.3 is 0 Å². The van der Waals surface area contributed by atoms with E-state index in [1.807, 2.05) is 0 Å². The lowest BCUT2D eigenvalue weighted by Gasteiger charge is -2.10. The zero-order valence-electron chi connectivity index (χ0n) is 10.6. The van der Waals surface area contributed by atoms with Crippen LogP contribution in [0.3, 0.4) is 0 Å². The van der Waals surface area contributed by atoms with Crippen molar-refractivity contribution in [2.45, 2.75) is 85.0 Å². The van der Waals surface area contributed by atoms with Gasteiger partial charge in [-0.1, -0.05) is 85.0 Å². The first-order valence-electron chi connectivity index (χ1n) is 6.81. The van der Waals surface area contributed by atoms with Gasteiger partial charge in [-0.05, 0) is 5.92 Å². The van der Waals surface area contributed by atoms with E-state index in [4.69, 9.17) is 0 Å². The first-order chi connectivity index (χ1) is 6.81. The van der Waals surface area contributed by atoms with E-state index in [9.17, 15) is 0 Å². The maximum Gasteiger partial charge on any atom is -0.0443 e. The van der Waals surface area contributed by atoms with Gasteiger partial charge in [0, 0.05) is 0 Å². The molecule has 0 saturated heterocycles. The summed E-state index contributed by atoms with van der Waals surface area (Å²) < 4.78 is 0. The van der Waals surface area contributed by atoms with Gasteiger partial charge in [0.1, 0.15) is 0 Å². The second-order valence-corrected chi connectivity index (χ2v) is 4.80. The second-order valence-electron chi connectivity index (χ2n) is 4.80. The van der Waals surface area contributed by atoms with Crippen LogP contribution in [0.15, 0.2) is 0 Å². The molecule has 0 amide bonds. The molecule has 0 heterocycles. The van der Waals surface area contributed by atoms with E-state index in [0.717, 1.165) is 5.92 Å². The molecular weight excluding hydrogens is 168 g/mol. The molecule has 0 aliphatic carbocycles. The molecule has 0 spiro atoms. The molecule has 0 atom stereocenters. The highest BCUT2D eigenvalue weighted by Gasteiger charge is 2.01. The minimum atomic E-state index is 0.976. The van der Waals surface area contributed by atoms with E-state index in [1.54, 1.807) is 0 Å². The third-order valence-electron chi connectivity index (χ3n) is 3.10. The van der Waals surface area contributed by atoms with Crippen LogP contribution in [0.2, 0.25) is 0 Å². The van der Waals surface area contributed by atoms with Crippen molar-refractivity contribution in [2.24, 2.45) is 5.92 Å². The molecule has 0 N–H and O–H groups in total. The lowest BCUT2D eigenvalue weighted by Crippen LogP contribution is -1.94. The molecule has 0 radical (unpaired) electrons. The summed E-state index contributed by atoms with van der Waals surface area (Å²) in [5.41, 5.74) is 0. The molecule has 0 aliphatic rings. The minimum absolute atomic E-state index is 0.976. The van der Waals surface area contributed by atoms with Gasteiger partial charge in [0.05, 0.1) is 0 Å². The molecule has 0 unspecified atom stereocenters. The Balaban J connectivity index is 3.07. The average Bonchev–Trinajstić information content (AvgIpc) is 2.19. The van der Waals surface area contributed by atoms with Crippen LogP contribution in [0, 0.1) is 5.92 Å². The Morgan fingerprint density at radius 2 is 1.07 bits per heavy atom. The molecule has 86 valence electrons. The van der Waals surface area contributed by atoms with Crippen LogP contribution in [-0.2, 0) is 0 Å². The molecular formula is C14H30. The Morgan fingerprint density at radius 1 is 0.643 bits per heavy atom. The van der Waals surface area contributed by atoms with Crippen molar-refractivity contribution in [3.05, 3.63) is 0 Å². The van der Waals surface area contributed by atoms with Crippen molar-refractivity contribution in [2.75, 3.05) is 0 Å². The fraction of sp³-hybridized carbons (Fsp3) is 1.00. The Bertz CT molecular complexity index is 84.2. The van der Waals surface area contributed by atoms with Crippen molar-refractivity contribution in [3.63, 3.8) is 0 Å². The summed E-state index contributed by atoms with van der Waals surface area (Å²) in [6.07, 6.45) is 14.4. The molecule has 0 aliphatic heterocycles. The highest BCUT2D eigenvalue weighted by molar-refractivity contribution is 4.54. The molecule has 0 bridgehead atoms. The summed E-state index contributed by atoms with van der Waals surface area (Å²) in [5.74, 6) is 0.976. The lowest BCUT2D eigenvalue weighted by molar-refractivity contribution is 0.436. The molecule has 0 fully saturated rings. The first-order valence-corrected chi connectivity index (χ1v) is 6.81. The molecule has 0 rings (SSSR count). The summed E-state index contributed by atoms with van der Waals surface area (Å²) in [6.45, 7) is 7.00. The van der Waals surface area contributed by atoms with Gasteiger partial charge in [-0.15, -0.1) is 0 Å². The normalized spacial score (nSPS) is 11.1. The van der Waals surface area contributed by atoms with E-state index >= 15 is 0 Å². The Kier molecular flexibility index (Phi) is 11.1. The van der Waals surface area contributed by atoms with Crippen LogP contribution in [0.5, 0.6) is 0 Å². The Morgan fingerprint density at radius 3 is 1.43 bits per heavy atom. The Hall–Kier alpha value is 0. The van der Waals surface area contributed by atoms with Gasteiger partial charge in [0.15, 0.2) is 0 Å². The summed E-state index contributed by atoms with van der Waals surface area (Å²) in [4.78, 5) is 0. The van der Waals surface area contributed by atoms with Crippen LogP contribution in [0.4, 0.5) is 0 Å². The molecule has 0 saturated carbocycles. The highest BCUT2D eigenvalue weighted by Crippen LogP contribution is 2.17. The van der Waals surface area contributed by atoms with E-state index in [0.29, 0.717) is 0 Å². The molecule has 0 aromatic carbocycles. The summed E-state index contributed by atoms with van der Waals surface area (Å²) in [7, 11) is 0. The predicted molar refractivity (Wildman–Crippen MR) is 66.7 cm³/mol. The van der Waals surface area contributed by atoms with Crippen LogP contribution in [-0.4, -0.2) is 0 Å². The van der Waals surface area contributed by atoms with Crippen molar-refractivity contribution in [3.8, 4) is 0 Å². The maximum atomic E-state index is 2.43. The second kappa shape index (κ2) is 11.1. The highest BCUT2D eigenvalue weighted by atomic mass is 14.1. The first kappa shape index (κ1) is 14.0. The topological polar surface area (TPSA) is 0 Å². The van der Waals surface area contributed by atoms with Gasteiger partial charge in [-0.3, -0.25) is 0 Å². The van der Waals surface area contributed by atoms with E-state index in [2.05, 4.69) is 20.8 Å². The largest absolute Gasteiger partial charge is 0.0654 e. The number of unbranched alkanes of at least 4 members (excludes halogenated alkanes) is 6. The Labute approximate surface area is 91.5 Å². The van der Waals surface area contributed by atoms with Gasteiger partial charge in [-0.25, -0.2) is 0 Å². The smallest absolute Gasteiger partial charge is 0.0443 e. The minimum Gasteiger partial charge on any atom is -0.0654 e. The van der Waals surface area contributed by atoms with Gasteiger partial charge in [-0.2, -0.15) is 0 Å². The quantitative estimate of drug-likeness (QED) is 0.403. The summed E-state index contributed by atoms with van der Waals surface area (Å²) in [5, 5.41) is 0. The van der Waals surface area contributed by atoms with Crippen LogP contribution >= 0.6 is 0 Å². The number of hydrogen-bond acceptors (Lipinski definition) is 0. The van der Waals surface area contributed by atoms with Crippen molar-refractivity contribution < 1.29 is 0 Å². The standard InChI is InChI=1S/C14H30/c1-4-6-8-10-12-14(3)13-11-9-7-5-2/h14H,4-13H2,1-3H3. The van der Waals surface area contributed by atoms with Crippen molar-refractivity contribution in [1.82, 2.24) is 0 Å². The van der Waals surface area contributed by atoms with E-state index in [1.165, 1.54) is 64.2 Å². The van der Waals surface area contributed by atoms with Crippen LogP contribution in [0.25, 0.3) is 0 Å². The molecule has 0 aromatic rings. The van der Waals surface area contributed by atoms with Gasteiger partial charge in [0.2, 0.25) is 0 Å². The number of rotatable bonds is 10. The fourth-order valence-corrected chi connectivity index (χ4v) is 1.98. The van der Waals surface area contributed by atoms with E-state index in [-0.39, 0.29) is 0 Å². The van der Waals surface area contributed by atoms with Crippen molar-refractivity contribution >= 4 is 0 Å². The molecule has 14 heavy (non-hydrogen) atoms. The van der Waals surface area contributed by atoms with Crippen LogP contribution < -0.4 is 0 Å². The summed E-state index contributed by atoms with van der Waals surface area (Å²) in [6, 6.07) is 0. The number of hydrogen-bond donors (Lipinski definition) is 0. The molecule has 0 heteroatoms. The predicted octanol–water partition coefficient (Wildman–Crippen LogP) is 5.56. The third-order valence-corrected chi connectivity index (χ3v) is 3.10. The van der Waals surface area contributed by atoms with Gasteiger partial charge < -0.3 is 0 Å². The van der Waals surface area contributed by atoms with Gasteiger partial charge in [0.25, 0.3) is 0 Å². The third kappa shape index (κ3) is 10.1. The monoisotopic (exact) mass is 198 g/mol.